The molecule has 0 amide bonds. The van der Waals surface area contributed by atoms with Crippen LogP contribution in [0.1, 0.15) is 12.0 Å². The molecule has 0 bridgehead atoms. The van der Waals surface area contributed by atoms with Gasteiger partial charge in [-0.15, -0.1) is 0 Å². The Morgan fingerprint density at radius 2 is 2.19 bits per heavy atom. The SMILES string of the molecule is C=C1Nc2ccc(N)cc2C2=C1CSCC2. The molecule has 1 aromatic carbocycles. The smallest absolute Gasteiger partial charge is 0.0462 e. The highest BCUT2D eigenvalue weighted by Crippen LogP contribution is 2.42. The number of benzene rings is 1. The van der Waals surface area contributed by atoms with E-state index in [1.165, 1.54) is 22.5 Å². The lowest BCUT2D eigenvalue weighted by molar-refractivity contribution is 1.17. The molecule has 16 heavy (non-hydrogen) atoms. The standard InChI is InChI=1S/C13H14N2S/c1-8-12-7-16-5-4-10(12)11-6-9(14)2-3-13(11)15-8/h2-3,6,15H,1,4-5,7,14H2. The van der Waals surface area contributed by atoms with E-state index in [9.17, 15) is 0 Å². The zero-order valence-corrected chi connectivity index (χ0v) is 9.86. The van der Waals surface area contributed by atoms with Gasteiger partial charge < -0.3 is 11.1 Å². The van der Waals surface area contributed by atoms with E-state index in [1.807, 2.05) is 23.9 Å². The third-order valence-electron chi connectivity index (χ3n) is 3.13. The highest BCUT2D eigenvalue weighted by atomic mass is 32.2. The fourth-order valence-electron chi connectivity index (χ4n) is 2.31. The van der Waals surface area contributed by atoms with Crippen LogP contribution in [0.5, 0.6) is 0 Å². The maximum atomic E-state index is 5.86. The summed E-state index contributed by atoms with van der Waals surface area (Å²) in [5.74, 6) is 2.26. The molecule has 0 spiro atoms. The van der Waals surface area contributed by atoms with Gasteiger partial charge in [-0.1, -0.05) is 6.58 Å². The lowest BCUT2D eigenvalue weighted by Crippen LogP contribution is -2.16. The zero-order valence-electron chi connectivity index (χ0n) is 9.05. The summed E-state index contributed by atoms with van der Waals surface area (Å²) in [4.78, 5) is 0. The number of rotatable bonds is 0. The van der Waals surface area contributed by atoms with Crippen molar-refractivity contribution in [2.24, 2.45) is 0 Å². The van der Waals surface area contributed by atoms with Crippen LogP contribution in [0.4, 0.5) is 11.4 Å². The summed E-state index contributed by atoms with van der Waals surface area (Å²) < 4.78 is 0. The van der Waals surface area contributed by atoms with E-state index >= 15 is 0 Å². The Hall–Kier alpha value is -1.35. The molecule has 2 heterocycles. The fraction of sp³-hybridized carbons (Fsp3) is 0.231. The minimum Gasteiger partial charge on any atom is -0.399 e. The fourth-order valence-corrected chi connectivity index (χ4v) is 3.36. The van der Waals surface area contributed by atoms with E-state index in [0.29, 0.717) is 0 Å². The van der Waals surface area contributed by atoms with Gasteiger partial charge in [0, 0.05) is 28.4 Å². The summed E-state index contributed by atoms with van der Waals surface area (Å²) in [6.07, 6.45) is 1.12. The van der Waals surface area contributed by atoms with Crippen molar-refractivity contribution in [3.63, 3.8) is 0 Å². The normalized spacial score (nSPS) is 18.9. The predicted octanol–water partition coefficient (Wildman–Crippen LogP) is 3.10. The van der Waals surface area contributed by atoms with Crippen LogP contribution in [-0.4, -0.2) is 11.5 Å². The van der Waals surface area contributed by atoms with Crippen LogP contribution in [0.25, 0.3) is 5.57 Å². The van der Waals surface area contributed by atoms with Gasteiger partial charge >= 0.3 is 0 Å². The highest BCUT2D eigenvalue weighted by Gasteiger charge is 2.23. The molecular formula is C13H14N2S. The second kappa shape index (κ2) is 3.59. The summed E-state index contributed by atoms with van der Waals surface area (Å²) in [6, 6.07) is 6.05. The molecule has 0 saturated heterocycles. The van der Waals surface area contributed by atoms with Crippen molar-refractivity contribution < 1.29 is 0 Å². The summed E-state index contributed by atoms with van der Waals surface area (Å²) in [7, 11) is 0. The number of nitrogens with one attached hydrogen (secondary N) is 1. The number of allylic oxidation sites excluding steroid dienone is 2. The zero-order chi connectivity index (χ0) is 11.1. The predicted molar refractivity (Wildman–Crippen MR) is 72.5 cm³/mol. The molecule has 0 fully saturated rings. The number of nitrogen functional groups attached to an aromatic ring is 1. The van der Waals surface area contributed by atoms with Gasteiger partial charge in [0.2, 0.25) is 0 Å². The van der Waals surface area contributed by atoms with Crippen LogP contribution >= 0.6 is 11.8 Å². The minimum absolute atomic E-state index is 0.832. The first kappa shape index (κ1) is 9.85. The third kappa shape index (κ3) is 1.43. The molecule has 0 atom stereocenters. The van der Waals surface area contributed by atoms with Crippen molar-refractivity contribution in [1.82, 2.24) is 0 Å². The average Bonchev–Trinajstić information content (AvgIpc) is 2.31. The van der Waals surface area contributed by atoms with Gasteiger partial charge in [0.1, 0.15) is 0 Å². The van der Waals surface area contributed by atoms with Crippen molar-refractivity contribution in [2.75, 3.05) is 22.6 Å². The minimum atomic E-state index is 0.832. The van der Waals surface area contributed by atoms with Crippen LogP contribution < -0.4 is 11.1 Å². The molecule has 0 aromatic heterocycles. The Bertz CT molecular complexity index is 503. The van der Waals surface area contributed by atoms with Crippen LogP contribution in [0.2, 0.25) is 0 Å². The van der Waals surface area contributed by atoms with Crippen LogP contribution in [0.3, 0.4) is 0 Å². The maximum absolute atomic E-state index is 5.86. The molecule has 82 valence electrons. The van der Waals surface area contributed by atoms with Crippen molar-refractivity contribution in [1.29, 1.82) is 0 Å². The summed E-state index contributed by atoms with van der Waals surface area (Å²) in [6.45, 7) is 4.11. The van der Waals surface area contributed by atoms with Crippen LogP contribution in [0.15, 0.2) is 36.0 Å². The third-order valence-corrected chi connectivity index (χ3v) is 4.11. The Morgan fingerprint density at radius 3 is 3.06 bits per heavy atom. The molecule has 0 radical (unpaired) electrons. The molecular weight excluding hydrogens is 216 g/mol. The largest absolute Gasteiger partial charge is 0.399 e. The van der Waals surface area contributed by atoms with Crippen molar-refractivity contribution in [2.45, 2.75) is 6.42 Å². The molecule has 2 nitrogen and oxygen atoms in total. The first-order chi connectivity index (χ1) is 7.75. The van der Waals surface area contributed by atoms with E-state index in [2.05, 4.69) is 18.0 Å². The molecule has 1 aromatic rings. The van der Waals surface area contributed by atoms with Crippen molar-refractivity contribution in [3.8, 4) is 0 Å². The summed E-state index contributed by atoms with van der Waals surface area (Å²) >= 11 is 1.97. The second-order valence-corrected chi connectivity index (χ2v) is 5.27. The molecule has 2 aliphatic rings. The van der Waals surface area contributed by atoms with E-state index in [-0.39, 0.29) is 0 Å². The number of thioether (sulfide) groups is 1. The number of hydrogen-bond acceptors (Lipinski definition) is 3. The van der Waals surface area contributed by atoms with E-state index < -0.39 is 0 Å². The molecule has 2 aliphatic heterocycles. The number of hydrogen-bond donors (Lipinski definition) is 2. The number of anilines is 2. The van der Waals surface area contributed by atoms with Gasteiger partial charge in [0.25, 0.3) is 0 Å². The first-order valence-corrected chi connectivity index (χ1v) is 6.57. The number of nitrogens with two attached hydrogens (primary N) is 1. The lowest BCUT2D eigenvalue weighted by Gasteiger charge is -2.29. The Balaban J connectivity index is 2.21. The van der Waals surface area contributed by atoms with Gasteiger partial charge in [-0.3, -0.25) is 0 Å². The summed E-state index contributed by atoms with van der Waals surface area (Å²) in [5.41, 5.74) is 13.0. The quantitative estimate of drug-likeness (QED) is 0.673. The monoisotopic (exact) mass is 230 g/mol. The number of fused-ring (bicyclic) bond motifs is 2. The Morgan fingerprint density at radius 1 is 1.31 bits per heavy atom. The molecule has 0 aliphatic carbocycles. The highest BCUT2D eigenvalue weighted by molar-refractivity contribution is 7.99. The molecule has 3 N–H and O–H groups in total. The van der Waals surface area contributed by atoms with E-state index in [0.717, 1.165) is 29.2 Å². The van der Waals surface area contributed by atoms with Gasteiger partial charge in [-0.05, 0) is 41.5 Å². The Labute approximate surface area is 99.6 Å². The molecule has 0 unspecified atom stereocenters. The molecule has 0 saturated carbocycles. The van der Waals surface area contributed by atoms with Gasteiger partial charge in [0.15, 0.2) is 0 Å². The first-order valence-electron chi connectivity index (χ1n) is 5.41. The van der Waals surface area contributed by atoms with Crippen LogP contribution in [0, 0.1) is 0 Å². The Kier molecular flexibility index (Phi) is 2.21. The summed E-state index contributed by atoms with van der Waals surface area (Å²) in [5, 5.41) is 3.37. The lowest BCUT2D eigenvalue weighted by atomic mass is 9.91. The molecule has 3 heteroatoms. The van der Waals surface area contributed by atoms with Crippen LogP contribution in [-0.2, 0) is 0 Å². The average molecular weight is 230 g/mol. The van der Waals surface area contributed by atoms with Crippen molar-refractivity contribution >= 4 is 28.7 Å². The van der Waals surface area contributed by atoms with E-state index in [1.54, 1.807) is 0 Å². The second-order valence-electron chi connectivity index (χ2n) is 4.17. The van der Waals surface area contributed by atoms with Crippen molar-refractivity contribution in [3.05, 3.63) is 41.6 Å². The van der Waals surface area contributed by atoms with E-state index in [4.69, 9.17) is 5.73 Å². The maximum Gasteiger partial charge on any atom is 0.0462 e. The van der Waals surface area contributed by atoms with Gasteiger partial charge in [-0.2, -0.15) is 11.8 Å². The molecule has 3 rings (SSSR count). The van der Waals surface area contributed by atoms with Gasteiger partial charge in [0.05, 0.1) is 0 Å². The van der Waals surface area contributed by atoms with Gasteiger partial charge in [-0.25, -0.2) is 0 Å². The topological polar surface area (TPSA) is 38.0 Å².